The van der Waals surface area contributed by atoms with Gasteiger partial charge >= 0.3 is 0 Å². The molecular formula is C19H26O4. The minimum absolute atomic E-state index is 0.0982. The van der Waals surface area contributed by atoms with Gasteiger partial charge in [-0.15, -0.1) is 0 Å². The minimum atomic E-state index is -0.921. The highest BCUT2D eigenvalue weighted by atomic mass is 16.6. The van der Waals surface area contributed by atoms with E-state index in [1.165, 1.54) is 0 Å². The Morgan fingerprint density at radius 1 is 1.39 bits per heavy atom. The fourth-order valence-corrected chi connectivity index (χ4v) is 3.05. The highest BCUT2D eigenvalue weighted by Crippen LogP contribution is 2.45. The van der Waals surface area contributed by atoms with Crippen LogP contribution < -0.4 is 0 Å². The second kappa shape index (κ2) is 6.93. The van der Waals surface area contributed by atoms with E-state index in [1.54, 1.807) is 32.1 Å². The quantitative estimate of drug-likeness (QED) is 0.366. The van der Waals surface area contributed by atoms with E-state index in [-0.39, 0.29) is 17.6 Å². The van der Waals surface area contributed by atoms with Gasteiger partial charge in [0.05, 0.1) is 17.3 Å². The second-order valence-corrected chi connectivity index (χ2v) is 7.26. The summed E-state index contributed by atoms with van der Waals surface area (Å²) >= 11 is 0. The molecule has 126 valence electrons. The van der Waals surface area contributed by atoms with Crippen molar-refractivity contribution in [1.29, 1.82) is 0 Å². The Labute approximate surface area is 137 Å². The third kappa shape index (κ3) is 4.98. The average Bonchev–Trinajstić information content (AvgIpc) is 3.12. The van der Waals surface area contributed by atoms with Gasteiger partial charge in [0.25, 0.3) is 0 Å². The Morgan fingerprint density at radius 3 is 2.74 bits per heavy atom. The number of aliphatic hydroxyl groups is 1. The lowest BCUT2D eigenvalue weighted by atomic mass is 9.89. The first-order valence-corrected chi connectivity index (χ1v) is 8.18. The summed E-state index contributed by atoms with van der Waals surface area (Å²) in [7, 11) is 0. The number of hydrogen-bond donors (Lipinski definition) is 1. The van der Waals surface area contributed by atoms with E-state index < -0.39 is 5.60 Å². The standard InChI is InChI=1S/C19H26O4/c1-18(2,22)9-4-5-16(13-21)15-8-10-19(3)17(23-19)7-6-14(11-15)12-20/h4-5,9,11-13,15,17,22H,6-8,10H2,1-3H3/b9-4+,14-11+,16-5-/t15-,17+,19-/m0/s1. The molecule has 1 fully saturated rings. The van der Waals surface area contributed by atoms with Crippen LogP contribution in [0.5, 0.6) is 0 Å². The van der Waals surface area contributed by atoms with Crippen molar-refractivity contribution in [1.82, 2.24) is 0 Å². The van der Waals surface area contributed by atoms with E-state index >= 15 is 0 Å². The molecule has 1 aliphatic heterocycles. The maximum absolute atomic E-state index is 11.5. The Kier molecular flexibility index (Phi) is 5.37. The molecule has 0 saturated carbocycles. The van der Waals surface area contributed by atoms with Crippen LogP contribution in [0.25, 0.3) is 0 Å². The lowest BCUT2D eigenvalue weighted by molar-refractivity contribution is -0.106. The van der Waals surface area contributed by atoms with Gasteiger partial charge in [0.15, 0.2) is 0 Å². The molecule has 0 aromatic carbocycles. The van der Waals surface area contributed by atoms with Gasteiger partial charge in [-0.05, 0) is 57.6 Å². The van der Waals surface area contributed by atoms with Crippen LogP contribution >= 0.6 is 0 Å². The fourth-order valence-electron chi connectivity index (χ4n) is 3.05. The molecule has 3 atom stereocenters. The Bertz CT molecular complexity index is 550. The highest BCUT2D eigenvalue weighted by molar-refractivity contribution is 5.77. The number of hydrogen-bond acceptors (Lipinski definition) is 4. The lowest BCUT2D eigenvalue weighted by Gasteiger charge is -2.15. The SMILES string of the molecule is CC(C)(O)/C=C/C=C(/C=O)[C@@H]1/C=C(/C=O)CC[C@H]2O[C@@]2(C)CC1. The molecule has 4 nitrogen and oxygen atoms in total. The Hall–Kier alpha value is -1.52. The second-order valence-electron chi connectivity index (χ2n) is 7.26. The van der Waals surface area contributed by atoms with Gasteiger partial charge in [0.2, 0.25) is 0 Å². The zero-order chi connectivity index (χ0) is 17.1. The molecule has 0 amide bonds. The molecule has 0 aromatic heterocycles. The molecule has 1 N–H and O–H groups in total. The molecule has 2 aliphatic rings. The van der Waals surface area contributed by atoms with Crippen LogP contribution in [0, 0.1) is 5.92 Å². The van der Waals surface area contributed by atoms with Crippen molar-refractivity contribution in [3.8, 4) is 0 Å². The number of fused-ring (bicyclic) bond motifs is 1. The van der Waals surface area contributed by atoms with Crippen molar-refractivity contribution < 1.29 is 19.4 Å². The number of allylic oxidation sites excluding steroid dienone is 5. The van der Waals surface area contributed by atoms with Crippen molar-refractivity contribution in [3.05, 3.63) is 35.5 Å². The van der Waals surface area contributed by atoms with E-state index in [2.05, 4.69) is 6.92 Å². The third-order valence-corrected chi connectivity index (χ3v) is 4.61. The molecular weight excluding hydrogens is 292 g/mol. The topological polar surface area (TPSA) is 66.9 Å². The zero-order valence-electron chi connectivity index (χ0n) is 14.1. The largest absolute Gasteiger partial charge is 0.386 e. The molecule has 1 heterocycles. The number of rotatable bonds is 5. The van der Waals surface area contributed by atoms with Crippen molar-refractivity contribution in [3.63, 3.8) is 0 Å². The molecule has 1 saturated heterocycles. The lowest BCUT2D eigenvalue weighted by Crippen LogP contribution is -2.14. The van der Waals surface area contributed by atoms with Gasteiger partial charge in [-0.2, -0.15) is 0 Å². The average molecular weight is 318 g/mol. The molecule has 0 spiro atoms. The number of epoxide rings is 1. The molecule has 4 heteroatoms. The zero-order valence-corrected chi connectivity index (χ0v) is 14.1. The highest BCUT2D eigenvalue weighted by Gasteiger charge is 2.51. The third-order valence-electron chi connectivity index (χ3n) is 4.61. The van der Waals surface area contributed by atoms with Crippen molar-refractivity contribution >= 4 is 12.6 Å². The van der Waals surface area contributed by atoms with Gasteiger partial charge in [0.1, 0.15) is 12.6 Å². The summed E-state index contributed by atoms with van der Waals surface area (Å²) in [5.41, 5.74) is 0.317. The van der Waals surface area contributed by atoms with E-state index in [4.69, 9.17) is 4.74 Å². The van der Waals surface area contributed by atoms with Crippen molar-refractivity contribution in [2.45, 2.75) is 63.8 Å². The smallest absolute Gasteiger partial charge is 0.146 e. The van der Waals surface area contributed by atoms with Gasteiger partial charge in [0, 0.05) is 5.92 Å². The summed E-state index contributed by atoms with van der Waals surface area (Å²) in [6.07, 6.45) is 12.1. The first-order chi connectivity index (χ1) is 10.8. The number of carbonyl (C=O) groups is 2. The first-order valence-electron chi connectivity index (χ1n) is 8.18. The minimum Gasteiger partial charge on any atom is -0.386 e. The fraction of sp³-hybridized carbons (Fsp3) is 0.579. The number of aldehydes is 2. The number of ether oxygens (including phenoxy) is 1. The van der Waals surface area contributed by atoms with Crippen LogP contribution in [-0.2, 0) is 14.3 Å². The molecule has 0 bridgehead atoms. The van der Waals surface area contributed by atoms with E-state index in [0.717, 1.165) is 37.4 Å². The summed E-state index contributed by atoms with van der Waals surface area (Å²) in [4.78, 5) is 22.8. The summed E-state index contributed by atoms with van der Waals surface area (Å²) in [6.45, 7) is 5.44. The maximum atomic E-state index is 11.5. The monoisotopic (exact) mass is 318 g/mol. The maximum Gasteiger partial charge on any atom is 0.146 e. The van der Waals surface area contributed by atoms with Crippen LogP contribution in [0.15, 0.2) is 35.5 Å². The molecule has 2 rings (SSSR count). The molecule has 0 unspecified atom stereocenters. The van der Waals surface area contributed by atoms with Gasteiger partial charge in [-0.3, -0.25) is 9.59 Å². The van der Waals surface area contributed by atoms with E-state index in [1.807, 2.05) is 6.08 Å². The van der Waals surface area contributed by atoms with Crippen LogP contribution in [-0.4, -0.2) is 35.0 Å². The predicted octanol–water partition coefficient (Wildman–Crippen LogP) is 2.91. The van der Waals surface area contributed by atoms with Crippen molar-refractivity contribution in [2.75, 3.05) is 0 Å². The van der Waals surface area contributed by atoms with Gasteiger partial charge in [-0.25, -0.2) is 0 Å². The summed E-state index contributed by atoms with van der Waals surface area (Å²) < 4.78 is 5.76. The predicted molar refractivity (Wildman–Crippen MR) is 89.0 cm³/mol. The number of carbonyl (C=O) groups excluding carboxylic acids is 2. The molecule has 0 aromatic rings. The first kappa shape index (κ1) is 17.8. The summed E-state index contributed by atoms with van der Waals surface area (Å²) in [5, 5.41) is 9.71. The molecule has 1 aliphatic carbocycles. The van der Waals surface area contributed by atoms with Crippen LogP contribution in [0.2, 0.25) is 0 Å². The van der Waals surface area contributed by atoms with Crippen LogP contribution in [0.4, 0.5) is 0 Å². The summed E-state index contributed by atoms with van der Waals surface area (Å²) in [5.74, 6) is -0.0982. The van der Waals surface area contributed by atoms with Crippen molar-refractivity contribution in [2.24, 2.45) is 5.92 Å². The van der Waals surface area contributed by atoms with Gasteiger partial charge in [-0.1, -0.05) is 24.3 Å². The Morgan fingerprint density at radius 2 is 2.13 bits per heavy atom. The molecule has 0 radical (unpaired) electrons. The summed E-state index contributed by atoms with van der Waals surface area (Å²) in [6, 6.07) is 0. The van der Waals surface area contributed by atoms with Crippen LogP contribution in [0.3, 0.4) is 0 Å². The van der Waals surface area contributed by atoms with Crippen LogP contribution in [0.1, 0.15) is 46.5 Å². The molecule has 23 heavy (non-hydrogen) atoms. The Balaban J connectivity index is 2.21. The van der Waals surface area contributed by atoms with E-state index in [0.29, 0.717) is 12.0 Å². The van der Waals surface area contributed by atoms with Gasteiger partial charge < -0.3 is 9.84 Å². The van der Waals surface area contributed by atoms with E-state index in [9.17, 15) is 14.7 Å². The normalized spacial score (nSPS) is 34.6.